The first kappa shape index (κ1) is 11.5. The van der Waals surface area contributed by atoms with E-state index in [1.165, 1.54) is 0 Å². The van der Waals surface area contributed by atoms with Gasteiger partial charge in [-0.15, -0.1) is 11.3 Å². The fourth-order valence-corrected chi connectivity index (χ4v) is 2.75. The number of hydrogen-bond acceptors (Lipinski definition) is 5. The summed E-state index contributed by atoms with van der Waals surface area (Å²) in [5, 5.41) is 2.84. The normalized spacial score (nSPS) is 17.8. The second-order valence-corrected chi connectivity index (χ2v) is 4.83. The van der Waals surface area contributed by atoms with Crippen LogP contribution in [0.4, 0.5) is 5.13 Å². The molecule has 0 N–H and O–H groups in total. The number of anilines is 1. The fraction of sp³-hybridized carbons (Fsp3) is 0.636. The van der Waals surface area contributed by atoms with Gasteiger partial charge in [0.25, 0.3) is 0 Å². The number of nitrogens with zero attached hydrogens (tertiary/aromatic N) is 3. The molecule has 1 aromatic heterocycles. The first-order valence-corrected chi connectivity index (χ1v) is 6.52. The molecule has 0 aliphatic carbocycles. The average molecular weight is 239 g/mol. The molecule has 0 aromatic carbocycles. The van der Waals surface area contributed by atoms with E-state index in [1.807, 2.05) is 5.38 Å². The minimum atomic E-state index is 0.0506. The van der Waals surface area contributed by atoms with Gasteiger partial charge >= 0.3 is 0 Å². The van der Waals surface area contributed by atoms with Crippen molar-refractivity contribution in [3.05, 3.63) is 11.1 Å². The van der Waals surface area contributed by atoms with Crippen LogP contribution in [0.1, 0.15) is 24.3 Å². The van der Waals surface area contributed by atoms with Crippen LogP contribution >= 0.6 is 11.3 Å². The van der Waals surface area contributed by atoms with Crippen LogP contribution in [0.25, 0.3) is 0 Å². The molecule has 1 aromatic rings. The molecule has 2 rings (SSSR count). The summed E-state index contributed by atoms with van der Waals surface area (Å²) < 4.78 is 0. The number of rotatable bonds is 3. The highest BCUT2D eigenvalue weighted by Crippen LogP contribution is 2.21. The Morgan fingerprint density at radius 1 is 1.44 bits per heavy atom. The molecule has 1 aliphatic heterocycles. The van der Waals surface area contributed by atoms with Crippen molar-refractivity contribution in [3.8, 4) is 0 Å². The molecule has 4 nitrogen and oxygen atoms in total. The van der Waals surface area contributed by atoms with Crippen molar-refractivity contribution in [2.75, 3.05) is 37.6 Å². The molecule has 16 heavy (non-hydrogen) atoms. The van der Waals surface area contributed by atoms with E-state index in [4.69, 9.17) is 0 Å². The molecule has 2 heterocycles. The van der Waals surface area contributed by atoms with E-state index >= 15 is 0 Å². The van der Waals surface area contributed by atoms with E-state index in [0.29, 0.717) is 5.69 Å². The topological polar surface area (TPSA) is 36.4 Å². The van der Waals surface area contributed by atoms with Gasteiger partial charge in [0.15, 0.2) is 10.9 Å². The first-order valence-electron chi connectivity index (χ1n) is 5.64. The van der Waals surface area contributed by atoms with Crippen molar-refractivity contribution < 1.29 is 4.79 Å². The number of hydrogen-bond donors (Lipinski definition) is 0. The highest BCUT2D eigenvalue weighted by atomic mass is 32.1. The molecule has 1 aliphatic rings. The minimum absolute atomic E-state index is 0.0506. The lowest BCUT2D eigenvalue weighted by Crippen LogP contribution is -2.46. The van der Waals surface area contributed by atoms with Gasteiger partial charge in [0, 0.05) is 38.5 Å². The number of thiazole rings is 1. The van der Waals surface area contributed by atoms with Crippen molar-refractivity contribution in [3.63, 3.8) is 0 Å². The van der Waals surface area contributed by atoms with E-state index in [-0.39, 0.29) is 5.78 Å². The third-order valence-electron chi connectivity index (χ3n) is 2.94. The molecule has 88 valence electrons. The predicted octanol–water partition coefficient (Wildman–Crippen LogP) is 1.49. The van der Waals surface area contributed by atoms with E-state index in [9.17, 15) is 4.79 Å². The number of ketones is 1. The standard InChI is InChI=1S/C11H17N3OS/c1-3-13-4-6-14(7-5-13)11-12-10(8-16-11)9(2)15/h8H,3-7H2,1-2H3. The molecule has 0 unspecified atom stereocenters. The number of carbonyl (C=O) groups is 1. The Hall–Kier alpha value is -0.940. The largest absolute Gasteiger partial charge is 0.346 e. The quantitative estimate of drug-likeness (QED) is 0.749. The number of carbonyl (C=O) groups excluding carboxylic acids is 1. The predicted molar refractivity (Wildman–Crippen MR) is 66.4 cm³/mol. The van der Waals surface area contributed by atoms with Gasteiger partial charge in [0.2, 0.25) is 0 Å². The highest BCUT2D eigenvalue weighted by molar-refractivity contribution is 7.13. The Morgan fingerprint density at radius 2 is 2.12 bits per heavy atom. The Bertz CT molecular complexity index is 369. The van der Waals surface area contributed by atoms with E-state index < -0.39 is 0 Å². The van der Waals surface area contributed by atoms with Crippen molar-refractivity contribution in [2.24, 2.45) is 0 Å². The number of likely N-dealkylation sites (N-methyl/N-ethyl adjacent to an activating group) is 1. The second kappa shape index (κ2) is 4.93. The molecule has 1 saturated heterocycles. The third-order valence-corrected chi connectivity index (χ3v) is 3.84. The maximum absolute atomic E-state index is 11.2. The summed E-state index contributed by atoms with van der Waals surface area (Å²) in [6.45, 7) is 9.07. The Kier molecular flexibility index (Phi) is 3.56. The maximum Gasteiger partial charge on any atom is 0.186 e. The summed E-state index contributed by atoms with van der Waals surface area (Å²) in [5.74, 6) is 0.0506. The average Bonchev–Trinajstić information content (AvgIpc) is 2.78. The summed E-state index contributed by atoms with van der Waals surface area (Å²) in [6.07, 6.45) is 0. The van der Waals surface area contributed by atoms with Crippen LogP contribution in [0.5, 0.6) is 0 Å². The number of Topliss-reactive ketones (excluding diaryl/α,β-unsaturated/α-hetero) is 1. The van der Waals surface area contributed by atoms with Crippen molar-refractivity contribution in [1.29, 1.82) is 0 Å². The van der Waals surface area contributed by atoms with Gasteiger partial charge < -0.3 is 9.80 Å². The lowest BCUT2D eigenvalue weighted by molar-refractivity contribution is 0.101. The van der Waals surface area contributed by atoms with Crippen LogP contribution in [0, 0.1) is 0 Å². The number of piperazine rings is 1. The smallest absolute Gasteiger partial charge is 0.186 e. The molecular weight excluding hydrogens is 222 g/mol. The van der Waals surface area contributed by atoms with Crippen LogP contribution in [-0.2, 0) is 0 Å². The molecule has 1 fully saturated rings. The van der Waals surface area contributed by atoms with Crippen molar-refractivity contribution in [2.45, 2.75) is 13.8 Å². The zero-order valence-corrected chi connectivity index (χ0v) is 10.6. The molecule has 0 spiro atoms. The summed E-state index contributed by atoms with van der Waals surface area (Å²) in [5.41, 5.74) is 0.595. The lowest BCUT2D eigenvalue weighted by atomic mass is 10.3. The van der Waals surface area contributed by atoms with Gasteiger partial charge in [0.05, 0.1) is 0 Å². The molecule has 0 bridgehead atoms. The molecule has 0 saturated carbocycles. The summed E-state index contributed by atoms with van der Waals surface area (Å²) in [7, 11) is 0. The zero-order chi connectivity index (χ0) is 11.5. The highest BCUT2D eigenvalue weighted by Gasteiger charge is 2.18. The molecule has 0 radical (unpaired) electrons. The van der Waals surface area contributed by atoms with Gasteiger partial charge in [-0.1, -0.05) is 6.92 Å². The Balaban J connectivity index is 2.00. The van der Waals surface area contributed by atoms with Crippen molar-refractivity contribution >= 4 is 22.3 Å². The Labute approximate surface area is 99.9 Å². The Morgan fingerprint density at radius 3 is 2.62 bits per heavy atom. The van der Waals surface area contributed by atoms with Gasteiger partial charge in [-0.3, -0.25) is 4.79 Å². The fourth-order valence-electron chi connectivity index (χ4n) is 1.83. The summed E-state index contributed by atoms with van der Waals surface area (Å²) >= 11 is 1.57. The second-order valence-electron chi connectivity index (χ2n) is 3.99. The minimum Gasteiger partial charge on any atom is -0.346 e. The maximum atomic E-state index is 11.2. The van der Waals surface area contributed by atoms with Crippen LogP contribution in [0.15, 0.2) is 5.38 Å². The lowest BCUT2D eigenvalue weighted by Gasteiger charge is -2.33. The van der Waals surface area contributed by atoms with E-state index in [0.717, 1.165) is 37.9 Å². The van der Waals surface area contributed by atoms with E-state index in [2.05, 4.69) is 21.7 Å². The summed E-state index contributed by atoms with van der Waals surface area (Å²) in [6, 6.07) is 0. The van der Waals surface area contributed by atoms with Gasteiger partial charge in [0.1, 0.15) is 5.69 Å². The first-order chi connectivity index (χ1) is 7.70. The monoisotopic (exact) mass is 239 g/mol. The van der Waals surface area contributed by atoms with Crippen molar-refractivity contribution in [1.82, 2.24) is 9.88 Å². The SMILES string of the molecule is CCN1CCN(c2nc(C(C)=O)cs2)CC1. The van der Waals surface area contributed by atoms with Crippen LogP contribution < -0.4 is 4.90 Å². The molecule has 0 amide bonds. The third kappa shape index (κ3) is 2.41. The summed E-state index contributed by atoms with van der Waals surface area (Å²) in [4.78, 5) is 20.2. The molecule has 5 heteroatoms. The van der Waals surface area contributed by atoms with Gasteiger partial charge in [-0.05, 0) is 6.54 Å². The van der Waals surface area contributed by atoms with E-state index in [1.54, 1.807) is 18.3 Å². The van der Waals surface area contributed by atoms with Crippen LogP contribution in [-0.4, -0.2) is 48.4 Å². The van der Waals surface area contributed by atoms with Crippen LogP contribution in [0.3, 0.4) is 0 Å². The van der Waals surface area contributed by atoms with Gasteiger partial charge in [-0.25, -0.2) is 4.98 Å². The zero-order valence-electron chi connectivity index (χ0n) is 9.77. The van der Waals surface area contributed by atoms with Crippen LogP contribution in [0.2, 0.25) is 0 Å². The molecule has 0 atom stereocenters. The molecular formula is C11H17N3OS. The van der Waals surface area contributed by atoms with Gasteiger partial charge in [-0.2, -0.15) is 0 Å². The number of aromatic nitrogens is 1.